The molecule has 94 valence electrons. The van der Waals surface area contributed by atoms with Crippen molar-refractivity contribution in [2.24, 2.45) is 0 Å². The minimum atomic E-state index is 0.248. The fourth-order valence-corrected chi connectivity index (χ4v) is 3.32. The second-order valence-electron chi connectivity index (χ2n) is 4.35. The average Bonchev–Trinajstić information content (AvgIpc) is 2.82. The van der Waals surface area contributed by atoms with Crippen LogP contribution in [0.5, 0.6) is 0 Å². The van der Waals surface area contributed by atoms with Crippen LogP contribution >= 0.6 is 39.1 Å². The van der Waals surface area contributed by atoms with Crippen LogP contribution in [-0.4, -0.2) is 12.7 Å². The van der Waals surface area contributed by atoms with Crippen molar-refractivity contribution in [3.63, 3.8) is 0 Å². The van der Waals surface area contributed by atoms with Crippen LogP contribution in [0.25, 0.3) is 0 Å². The molecule has 1 aromatic carbocycles. The van der Waals surface area contributed by atoms with Crippen molar-refractivity contribution in [2.45, 2.75) is 36.6 Å². The summed E-state index contributed by atoms with van der Waals surface area (Å²) in [4.78, 5) is 0.248. The van der Waals surface area contributed by atoms with Gasteiger partial charge in [-0.05, 0) is 49.4 Å². The van der Waals surface area contributed by atoms with Crippen molar-refractivity contribution in [3.05, 3.63) is 33.8 Å². The molecule has 2 rings (SSSR count). The number of ether oxygens (including phenoxy) is 1. The maximum atomic E-state index is 6.17. The smallest absolute Gasteiger partial charge is 0.0576 e. The standard InChI is InChI=1S/C13H15BrCl2O/c14-12(5-4-10-2-1-7-17-10)11-8-9(15)3-6-13(11)16/h3,6,8,10,12H,1-2,4-5,7H2. The van der Waals surface area contributed by atoms with Gasteiger partial charge in [0.25, 0.3) is 0 Å². The topological polar surface area (TPSA) is 9.23 Å². The molecule has 1 saturated heterocycles. The van der Waals surface area contributed by atoms with Gasteiger partial charge < -0.3 is 4.74 Å². The van der Waals surface area contributed by atoms with Crippen LogP contribution in [0.2, 0.25) is 10.0 Å². The molecule has 0 aliphatic carbocycles. The number of benzene rings is 1. The SMILES string of the molecule is Clc1ccc(Cl)c(C(Br)CCC2CCCO2)c1. The Labute approximate surface area is 121 Å². The Morgan fingerprint density at radius 1 is 1.41 bits per heavy atom. The highest BCUT2D eigenvalue weighted by Crippen LogP contribution is 2.36. The Morgan fingerprint density at radius 2 is 2.24 bits per heavy atom. The summed E-state index contributed by atoms with van der Waals surface area (Å²) in [6.07, 6.45) is 4.88. The lowest BCUT2D eigenvalue weighted by molar-refractivity contribution is 0.102. The Bertz CT molecular complexity index is 378. The highest BCUT2D eigenvalue weighted by atomic mass is 79.9. The van der Waals surface area contributed by atoms with Crippen molar-refractivity contribution in [2.75, 3.05) is 6.61 Å². The van der Waals surface area contributed by atoms with Crippen LogP contribution in [0.1, 0.15) is 36.1 Å². The number of alkyl halides is 1. The largest absolute Gasteiger partial charge is 0.378 e. The van der Waals surface area contributed by atoms with E-state index in [0.29, 0.717) is 6.10 Å². The second-order valence-corrected chi connectivity index (χ2v) is 6.29. The van der Waals surface area contributed by atoms with Crippen LogP contribution in [0, 0.1) is 0 Å². The molecule has 1 aromatic rings. The summed E-state index contributed by atoms with van der Waals surface area (Å²) >= 11 is 15.8. The first-order valence-electron chi connectivity index (χ1n) is 5.87. The Balaban J connectivity index is 1.93. The molecule has 0 amide bonds. The summed E-state index contributed by atoms with van der Waals surface area (Å²) in [5.74, 6) is 0. The normalized spacial score (nSPS) is 21.7. The molecule has 17 heavy (non-hydrogen) atoms. The maximum absolute atomic E-state index is 6.17. The van der Waals surface area contributed by atoms with Gasteiger partial charge in [0.2, 0.25) is 0 Å². The molecule has 1 fully saturated rings. The third-order valence-corrected chi connectivity index (χ3v) is 4.59. The number of hydrogen-bond acceptors (Lipinski definition) is 1. The van der Waals surface area contributed by atoms with Gasteiger partial charge in [0, 0.05) is 21.5 Å². The molecule has 1 nitrogen and oxygen atoms in total. The third kappa shape index (κ3) is 3.85. The van der Waals surface area contributed by atoms with Crippen LogP contribution in [0.15, 0.2) is 18.2 Å². The predicted molar refractivity (Wildman–Crippen MR) is 76.3 cm³/mol. The van der Waals surface area contributed by atoms with E-state index in [0.717, 1.165) is 35.1 Å². The Kier molecular flexibility index (Phi) is 5.16. The number of halogens is 3. The van der Waals surface area contributed by atoms with E-state index in [9.17, 15) is 0 Å². The van der Waals surface area contributed by atoms with Crippen molar-refractivity contribution < 1.29 is 4.74 Å². The van der Waals surface area contributed by atoms with Crippen LogP contribution in [-0.2, 0) is 4.74 Å². The molecule has 4 heteroatoms. The first-order valence-corrected chi connectivity index (χ1v) is 7.54. The van der Waals surface area contributed by atoms with E-state index in [1.54, 1.807) is 0 Å². The van der Waals surface area contributed by atoms with Gasteiger partial charge in [-0.25, -0.2) is 0 Å². The second kappa shape index (κ2) is 6.42. The van der Waals surface area contributed by atoms with Crippen molar-refractivity contribution >= 4 is 39.1 Å². The maximum Gasteiger partial charge on any atom is 0.0576 e. The molecule has 0 spiro atoms. The molecule has 0 bridgehead atoms. The molecular formula is C13H15BrCl2O. The Hall–Kier alpha value is 0.240. The first kappa shape index (κ1) is 13.7. The molecule has 1 aliphatic heterocycles. The summed E-state index contributed by atoms with van der Waals surface area (Å²) in [5.41, 5.74) is 1.07. The fraction of sp³-hybridized carbons (Fsp3) is 0.538. The van der Waals surface area contributed by atoms with Gasteiger partial charge in [-0.3, -0.25) is 0 Å². The van der Waals surface area contributed by atoms with Crippen LogP contribution < -0.4 is 0 Å². The van der Waals surface area contributed by atoms with Gasteiger partial charge >= 0.3 is 0 Å². The summed E-state index contributed by atoms with van der Waals surface area (Å²) in [7, 11) is 0. The van der Waals surface area contributed by atoms with Gasteiger partial charge in [-0.2, -0.15) is 0 Å². The molecule has 0 saturated carbocycles. The Morgan fingerprint density at radius 3 is 2.94 bits per heavy atom. The van der Waals surface area contributed by atoms with Gasteiger partial charge in [0.15, 0.2) is 0 Å². The molecule has 2 unspecified atom stereocenters. The fourth-order valence-electron chi connectivity index (χ4n) is 2.11. The number of hydrogen-bond donors (Lipinski definition) is 0. The molecule has 0 aromatic heterocycles. The van der Waals surface area contributed by atoms with E-state index in [-0.39, 0.29) is 4.83 Å². The summed E-state index contributed by atoms with van der Waals surface area (Å²) < 4.78 is 5.61. The van der Waals surface area contributed by atoms with Gasteiger partial charge in [-0.15, -0.1) is 0 Å². The van der Waals surface area contributed by atoms with Gasteiger partial charge in [-0.1, -0.05) is 39.1 Å². The molecule has 1 heterocycles. The molecule has 2 atom stereocenters. The van der Waals surface area contributed by atoms with E-state index >= 15 is 0 Å². The van der Waals surface area contributed by atoms with E-state index < -0.39 is 0 Å². The van der Waals surface area contributed by atoms with Crippen molar-refractivity contribution in [1.29, 1.82) is 0 Å². The lowest BCUT2D eigenvalue weighted by Gasteiger charge is -2.15. The zero-order chi connectivity index (χ0) is 12.3. The van der Waals surface area contributed by atoms with Crippen molar-refractivity contribution in [1.82, 2.24) is 0 Å². The zero-order valence-corrected chi connectivity index (χ0v) is 12.6. The van der Waals surface area contributed by atoms with E-state index in [1.807, 2.05) is 18.2 Å². The average molecular weight is 338 g/mol. The summed E-state index contributed by atoms with van der Waals surface area (Å²) in [6, 6.07) is 5.59. The minimum Gasteiger partial charge on any atom is -0.378 e. The van der Waals surface area contributed by atoms with Crippen LogP contribution in [0.4, 0.5) is 0 Å². The molecule has 0 N–H and O–H groups in total. The lowest BCUT2D eigenvalue weighted by atomic mass is 10.0. The van der Waals surface area contributed by atoms with Gasteiger partial charge in [0.05, 0.1) is 6.10 Å². The molecular weight excluding hydrogens is 323 g/mol. The summed E-state index contributed by atoms with van der Waals surface area (Å²) in [5, 5.41) is 1.49. The highest BCUT2D eigenvalue weighted by Gasteiger charge is 2.18. The number of rotatable bonds is 4. The highest BCUT2D eigenvalue weighted by molar-refractivity contribution is 9.09. The monoisotopic (exact) mass is 336 g/mol. The van der Waals surface area contributed by atoms with E-state index in [2.05, 4.69) is 15.9 Å². The quantitative estimate of drug-likeness (QED) is 0.669. The predicted octanol–water partition coefficient (Wildman–Crippen LogP) is 5.39. The van der Waals surface area contributed by atoms with E-state index in [4.69, 9.17) is 27.9 Å². The summed E-state index contributed by atoms with van der Waals surface area (Å²) in [6.45, 7) is 0.912. The lowest BCUT2D eigenvalue weighted by Crippen LogP contribution is -2.06. The van der Waals surface area contributed by atoms with Gasteiger partial charge in [0.1, 0.15) is 0 Å². The molecule has 0 radical (unpaired) electrons. The molecule has 1 aliphatic rings. The van der Waals surface area contributed by atoms with Crippen LogP contribution in [0.3, 0.4) is 0 Å². The first-order chi connectivity index (χ1) is 8.16. The van der Waals surface area contributed by atoms with E-state index in [1.165, 1.54) is 12.8 Å². The minimum absolute atomic E-state index is 0.248. The van der Waals surface area contributed by atoms with Crippen molar-refractivity contribution in [3.8, 4) is 0 Å². The zero-order valence-electron chi connectivity index (χ0n) is 9.46. The third-order valence-electron chi connectivity index (χ3n) is 3.06.